The molecule has 0 saturated heterocycles. The Labute approximate surface area is 160 Å². The van der Waals surface area contributed by atoms with Crippen molar-refractivity contribution in [2.45, 2.75) is 6.92 Å². The van der Waals surface area contributed by atoms with Crippen molar-refractivity contribution in [1.82, 2.24) is 25.0 Å². The number of allylic oxidation sites excluding steroid dienone is 1. The summed E-state index contributed by atoms with van der Waals surface area (Å²) in [5.41, 5.74) is 4.30. The number of hydrogen-bond donors (Lipinski definition) is 1. The van der Waals surface area contributed by atoms with Crippen LogP contribution in [-0.2, 0) is 7.05 Å². The molecule has 0 aliphatic carbocycles. The molecule has 1 N–H and O–H groups in total. The number of nitrogens with zero attached hydrogens (tertiary/aromatic N) is 5. The van der Waals surface area contributed by atoms with Crippen molar-refractivity contribution in [2.24, 2.45) is 7.05 Å². The largest absolute Gasteiger partial charge is 0.272 e. The molecule has 0 amide bonds. The second-order valence-electron chi connectivity index (χ2n) is 6.38. The first-order valence-electron chi connectivity index (χ1n) is 8.62. The molecule has 3 heterocycles. The van der Waals surface area contributed by atoms with Crippen molar-refractivity contribution in [3.8, 4) is 17.2 Å². The number of aromatic amines is 1. The number of nitrogens with one attached hydrogen (secondary N) is 1. The summed E-state index contributed by atoms with van der Waals surface area (Å²) in [5.74, 6) is 0. The number of aryl methyl sites for hydroxylation is 2. The molecule has 1 aromatic carbocycles. The van der Waals surface area contributed by atoms with Crippen LogP contribution in [-0.4, -0.2) is 25.0 Å². The van der Waals surface area contributed by atoms with E-state index in [9.17, 15) is 10.1 Å². The SMILES string of the molecule is Cc1n[nH]c(=O)c2ccc(-c3cnn(C)c3C=C(C#N)c3cccnc3)cc12. The molecule has 4 rings (SSSR count). The Kier molecular flexibility index (Phi) is 4.30. The summed E-state index contributed by atoms with van der Waals surface area (Å²) in [6, 6.07) is 11.5. The van der Waals surface area contributed by atoms with Crippen molar-refractivity contribution in [2.75, 3.05) is 0 Å². The van der Waals surface area contributed by atoms with Gasteiger partial charge in [-0.25, -0.2) is 5.10 Å². The molecule has 0 atom stereocenters. The van der Waals surface area contributed by atoms with Crippen LogP contribution in [0.25, 0.3) is 33.5 Å². The molecule has 0 radical (unpaired) electrons. The minimum atomic E-state index is -0.221. The Morgan fingerprint density at radius 2 is 2.11 bits per heavy atom. The molecule has 4 aromatic rings. The van der Waals surface area contributed by atoms with Crippen LogP contribution in [0.3, 0.4) is 0 Å². The van der Waals surface area contributed by atoms with Gasteiger partial charge in [0, 0.05) is 36.0 Å². The molecule has 7 heteroatoms. The fourth-order valence-corrected chi connectivity index (χ4v) is 3.14. The number of aromatic nitrogens is 5. The zero-order valence-electron chi connectivity index (χ0n) is 15.3. The average Bonchev–Trinajstić information content (AvgIpc) is 3.09. The summed E-state index contributed by atoms with van der Waals surface area (Å²) < 4.78 is 1.72. The van der Waals surface area contributed by atoms with Crippen molar-refractivity contribution in [3.63, 3.8) is 0 Å². The molecule has 0 aliphatic rings. The van der Waals surface area contributed by atoms with E-state index in [4.69, 9.17) is 0 Å². The van der Waals surface area contributed by atoms with Crippen LogP contribution in [0, 0.1) is 18.3 Å². The van der Waals surface area contributed by atoms with Gasteiger partial charge < -0.3 is 0 Å². The molecule has 0 unspecified atom stereocenters. The van der Waals surface area contributed by atoms with Crippen molar-refractivity contribution in [3.05, 3.63) is 76.2 Å². The number of benzene rings is 1. The second-order valence-corrected chi connectivity index (χ2v) is 6.38. The highest BCUT2D eigenvalue weighted by atomic mass is 16.1. The number of rotatable bonds is 3. The van der Waals surface area contributed by atoms with Gasteiger partial charge in [0.2, 0.25) is 0 Å². The topological polar surface area (TPSA) is 100 Å². The van der Waals surface area contributed by atoms with Crippen molar-refractivity contribution < 1.29 is 0 Å². The predicted octanol–water partition coefficient (Wildman–Crippen LogP) is 3.09. The maximum atomic E-state index is 12.0. The summed E-state index contributed by atoms with van der Waals surface area (Å²) >= 11 is 0. The predicted molar refractivity (Wildman–Crippen MR) is 107 cm³/mol. The maximum Gasteiger partial charge on any atom is 0.272 e. The van der Waals surface area contributed by atoms with Gasteiger partial charge in [-0.15, -0.1) is 0 Å². The van der Waals surface area contributed by atoms with Crippen LogP contribution in [0.5, 0.6) is 0 Å². The summed E-state index contributed by atoms with van der Waals surface area (Å²) in [5, 5.41) is 21.9. The summed E-state index contributed by atoms with van der Waals surface area (Å²) in [6.45, 7) is 1.85. The van der Waals surface area contributed by atoms with Crippen LogP contribution in [0.4, 0.5) is 0 Å². The molecule has 0 bridgehead atoms. The van der Waals surface area contributed by atoms with E-state index in [2.05, 4.69) is 26.3 Å². The lowest BCUT2D eigenvalue weighted by Gasteiger charge is -2.06. The minimum absolute atomic E-state index is 0.221. The zero-order chi connectivity index (χ0) is 19.7. The van der Waals surface area contributed by atoms with Crippen LogP contribution in [0.1, 0.15) is 17.0 Å². The molecule has 136 valence electrons. The Hall–Kier alpha value is -4.05. The number of fused-ring (bicyclic) bond motifs is 1. The third-order valence-corrected chi connectivity index (χ3v) is 4.65. The van der Waals surface area contributed by atoms with E-state index < -0.39 is 0 Å². The first-order chi connectivity index (χ1) is 13.6. The van der Waals surface area contributed by atoms with Crippen molar-refractivity contribution in [1.29, 1.82) is 5.26 Å². The summed E-state index contributed by atoms with van der Waals surface area (Å²) in [6.07, 6.45) is 6.87. The Bertz CT molecular complexity index is 1310. The second kappa shape index (κ2) is 6.93. The highest BCUT2D eigenvalue weighted by Gasteiger charge is 2.13. The fourth-order valence-electron chi connectivity index (χ4n) is 3.14. The lowest BCUT2D eigenvalue weighted by atomic mass is 10.00. The molecule has 0 fully saturated rings. The highest BCUT2D eigenvalue weighted by Crippen LogP contribution is 2.29. The Balaban J connectivity index is 1.89. The number of H-pyrrole nitrogens is 1. The van der Waals surface area contributed by atoms with Gasteiger partial charge in [-0.05, 0) is 36.8 Å². The van der Waals surface area contributed by atoms with E-state index in [0.717, 1.165) is 33.5 Å². The van der Waals surface area contributed by atoms with Gasteiger partial charge in [0.15, 0.2) is 0 Å². The van der Waals surface area contributed by atoms with E-state index in [0.29, 0.717) is 11.0 Å². The summed E-state index contributed by atoms with van der Waals surface area (Å²) in [4.78, 5) is 16.1. The average molecular weight is 368 g/mol. The first kappa shape index (κ1) is 17.4. The van der Waals surface area contributed by atoms with Crippen LogP contribution in [0.15, 0.2) is 53.7 Å². The van der Waals surface area contributed by atoms with Crippen LogP contribution < -0.4 is 5.56 Å². The quantitative estimate of drug-likeness (QED) is 0.560. The fraction of sp³-hybridized carbons (Fsp3) is 0.0952. The smallest absolute Gasteiger partial charge is 0.268 e. The van der Waals surface area contributed by atoms with Crippen molar-refractivity contribution >= 4 is 22.4 Å². The van der Waals surface area contributed by atoms with E-state index in [1.54, 1.807) is 41.5 Å². The normalized spacial score (nSPS) is 11.5. The van der Waals surface area contributed by atoms with Gasteiger partial charge >= 0.3 is 0 Å². The van der Waals surface area contributed by atoms with Gasteiger partial charge in [-0.2, -0.15) is 15.5 Å². The third kappa shape index (κ3) is 2.97. The zero-order valence-corrected chi connectivity index (χ0v) is 15.3. The Morgan fingerprint density at radius 1 is 1.25 bits per heavy atom. The van der Waals surface area contributed by atoms with E-state index >= 15 is 0 Å². The molecular formula is C21H16N6O. The van der Waals surface area contributed by atoms with Gasteiger partial charge in [-0.1, -0.05) is 12.1 Å². The first-order valence-corrected chi connectivity index (χ1v) is 8.62. The highest BCUT2D eigenvalue weighted by molar-refractivity contribution is 5.94. The van der Waals surface area contributed by atoms with E-state index in [-0.39, 0.29) is 5.56 Å². The van der Waals surface area contributed by atoms with E-state index in [1.807, 2.05) is 32.2 Å². The molecule has 3 aromatic heterocycles. The standard InChI is InChI=1S/C21H16N6O/c1-13-18-8-14(5-6-17(18)21(28)26-25-13)19-12-24-27(2)20(19)9-16(10-22)15-4-3-7-23-11-15/h3-9,11-12H,1-2H3,(H,26,28). The van der Waals surface area contributed by atoms with Gasteiger partial charge in [0.25, 0.3) is 5.56 Å². The Morgan fingerprint density at radius 3 is 2.86 bits per heavy atom. The molecule has 0 saturated carbocycles. The molecule has 0 aliphatic heterocycles. The number of pyridine rings is 1. The number of hydrogen-bond acceptors (Lipinski definition) is 5. The monoisotopic (exact) mass is 368 g/mol. The molecule has 7 nitrogen and oxygen atoms in total. The minimum Gasteiger partial charge on any atom is -0.268 e. The van der Waals surface area contributed by atoms with E-state index in [1.165, 1.54) is 0 Å². The van der Waals surface area contributed by atoms with Crippen LogP contribution in [0.2, 0.25) is 0 Å². The van der Waals surface area contributed by atoms with Gasteiger partial charge in [0.05, 0.1) is 34.6 Å². The summed E-state index contributed by atoms with van der Waals surface area (Å²) in [7, 11) is 1.83. The number of nitriles is 1. The molecular weight excluding hydrogens is 352 g/mol. The van der Waals surface area contributed by atoms with Gasteiger partial charge in [0.1, 0.15) is 0 Å². The maximum absolute atomic E-state index is 12.0. The molecule has 28 heavy (non-hydrogen) atoms. The van der Waals surface area contributed by atoms with Crippen LogP contribution >= 0.6 is 0 Å². The lowest BCUT2D eigenvalue weighted by Crippen LogP contribution is -2.09. The third-order valence-electron chi connectivity index (χ3n) is 4.65. The lowest BCUT2D eigenvalue weighted by molar-refractivity contribution is 0.760. The van der Waals surface area contributed by atoms with Gasteiger partial charge in [-0.3, -0.25) is 14.5 Å². The molecule has 0 spiro atoms.